The lowest BCUT2D eigenvalue weighted by atomic mass is 9.64. The topological polar surface area (TPSA) is 68.0 Å². The first-order valence-electron chi connectivity index (χ1n) is 7.35. The SMILES string of the molecule is Cn1cc(CC2CC(C(C)(C)C)CCC2C(=O)O)nn1. The van der Waals surface area contributed by atoms with E-state index in [2.05, 4.69) is 31.1 Å². The van der Waals surface area contributed by atoms with Gasteiger partial charge in [0.1, 0.15) is 0 Å². The summed E-state index contributed by atoms with van der Waals surface area (Å²) in [6, 6.07) is 0. The zero-order valence-electron chi connectivity index (χ0n) is 12.8. The first-order chi connectivity index (χ1) is 9.27. The number of hydrogen-bond donors (Lipinski definition) is 1. The van der Waals surface area contributed by atoms with Crippen molar-refractivity contribution in [3.8, 4) is 0 Å². The van der Waals surface area contributed by atoms with E-state index in [0.29, 0.717) is 5.92 Å². The van der Waals surface area contributed by atoms with E-state index in [0.717, 1.165) is 31.4 Å². The number of nitrogens with zero attached hydrogens (tertiary/aromatic N) is 3. The molecule has 0 spiro atoms. The molecule has 3 atom stereocenters. The summed E-state index contributed by atoms with van der Waals surface area (Å²) >= 11 is 0. The first kappa shape index (κ1) is 15.0. The maximum Gasteiger partial charge on any atom is 0.306 e. The lowest BCUT2D eigenvalue weighted by molar-refractivity contribution is -0.146. The van der Waals surface area contributed by atoms with E-state index in [9.17, 15) is 9.90 Å². The van der Waals surface area contributed by atoms with E-state index in [1.807, 2.05) is 13.2 Å². The Morgan fingerprint density at radius 3 is 2.65 bits per heavy atom. The van der Waals surface area contributed by atoms with Gasteiger partial charge in [-0.1, -0.05) is 26.0 Å². The highest BCUT2D eigenvalue weighted by molar-refractivity contribution is 5.70. The highest BCUT2D eigenvalue weighted by atomic mass is 16.4. The number of aliphatic carboxylic acids is 1. The van der Waals surface area contributed by atoms with Crippen molar-refractivity contribution in [2.45, 2.75) is 46.5 Å². The lowest BCUT2D eigenvalue weighted by Gasteiger charge is -2.40. The number of rotatable bonds is 3. The molecule has 3 unspecified atom stereocenters. The molecule has 5 nitrogen and oxygen atoms in total. The van der Waals surface area contributed by atoms with E-state index in [1.165, 1.54) is 0 Å². The average molecular weight is 279 g/mol. The van der Waals surface area contributed by atoms with Gasteiger partial charge < -0.3 is 5.11 Å². The zero-order valence-corrected chi connectivity index (χ0v) is 12.8. The zero-order chi connectivity index (χ0) is 14.9. The molecular weight excluding hydrogens is 254 g/mol. The molecule has 0 aromatic carbocycles. The Kier molecular flexibility index (Phi) is 4.16. The summed E-state index contributed by atoms with van der Waals surface area (Å²) in [7, 11) is 1.84. The van der Waals surface area contributed by atoms with Crippen LogP contribution in [0.15, 0.2) is 6.20 Å². The van der Waals surface area contributed by atoms with Gasteiger partial charge in [0, 0.05) is 13.2 Å². The fraction of sp³-hybridized carbons (Fsp3) is 0.800. The largest absolute Gasteiger partial charge is 0.481 e. The van der Waals surface area contributed by atoms with Crippen molar-refractivity contribution in [1.82, 2.24) is 15.0 Å². The van der Waals surface area contributed by atoms with Gasteiger partial charge in [0.15, 0.2) is 0 Å². The molecule has 0 radical (unpaired) electrons. The third-order valence-corrected chi connectivity index (χ3v) is 4.65. The van der Waals surface area contributed by atoms with Crippen LogP contribution in [0.3, 0.4) is 0 Å². The van der Waals surface area contributed by atoms with E-state index < -0.39 is 5.97 Å². The Labute approximate surface area is 120 Å². The molecule has 0 saturated heterocycles. The summed E-state index contributed by atoms with van der Waals surface area (Å²) in [5.41, 5.74) is 1.14. The van der Waals surface area contributed by atoms with Crippen molar-refractivity contribution in [2.24, 2.45) is 30.2 Å². The van der Waals surface area contributed by atoms with Crippen molar-refractivity contribution in [3.63, 3.8) is 0 Å². The van der Waals surface area contributed by atoms with E-state index in [1.54, 1.807) is 4.68 Å². The van der Waals surface area contributed by atoms with Crippen LogP contribution in [0.1, 0.15) is 45.7 Å². The predicted octanol–water partition coefficient (Wildman–Crippen LogP) is 2.52. The third-order valence-electron chi connectivity index (χ3n) is 4.65. The maximum atomic E-state index is 11.5. The molecule has 5 heteroatoms. The molecule has 1 saturated carbocycles. The Morgan fingerprint density at radius 2 is 2.15 bits per heavy atom. The average Bonchev–Trinajstić information content (AvgIpc) is 2.73. The van der Waals surface area contributed by atoms with Crippen LogP contribution < -0.4 is 0 Å². The Bertz CT molecular complexity index is 476. The highest BCUT2D eigenvalue weighted by Crippen LogP contribution is 2.43. The molecule has 1 aromatic heterocycles. The lowest BCUT2D eigenvalue weighted by Crippen LogP contribution is -2.36. The predicted molar refractivity (Wildman–Crippen MR) is 76.1 cm³/mol. The van der Waals surface area contributed by atoms with Gasteiger partial charge in [0.25, 0.3) is 0 Å². The van der Waals surface area contributed by atoms with Crippen molar-refractivity contribution in [3.05, 3.63) is 11.9 Å². The summed E-state index contributed by atoms with van der Waals surface area (Å²) in [5.74, 6) is -0.149. The Morgan fingerprint density at radius 1 is 1.45 bits per heavy atom. The van der Waals surface area contributed by atoms with Crippen LogP contribution in [-0.4, -0.2) is 26.1 Å². The molecule has 2 rings (SSSR count). The summed E-state index contributed by atoms with van der Waals surface area (Å²) in [6.07, 6.45) is 5.37. The van der Waals surface area contributed by atoms with E-state index in [4.69, 9.17) is 0 Å². The third kappa shape index (κ3) is 3.38. The Hall–Kier alpha value is -1.39. The van der Waals surface area contributed by atoms with Crippen molar-refractivity contribution in [1.29, 1.82) is 0 Å². The molecule has 20 heavy (non-hydrogen) atoms. The quantitative estimate of drug-likeness (QED) is 0.923. The van der Waals surface area contributed by atoms with Crippen molar-refractivity contribution < 1.29 is 9.90 Å². The van der Waals surface area contributed by atoms with Crippen LogP contribution >= 0.6 is 0 Å². The van der Waals surface area contributed by atoms with Gasteiger partial charge >= 0.3 is 5.97 Å². The molecule has 1 aromatic rings. The maximum absolute atomic E-state index is 11.5. The second-order valence-corrected chi connectivity index (χ2v) is 7.17. The van der Waals surface area contributed by atoms with Gasteiger partial charge in [0.05, 0.1) is 11.6 Å². The molecule has 1 aliphatic rings. The van der Waals surface area contributed by atoms with Gasteiger partial charge in [-0.25, -0.2) is 0 Å². The summed E-state index contributed by atoms with van der Waals surface area (Å²) in [6.45, 7) is 6.74. The minimum Gasteiger partial charge on any atom is -0.481 e. The molecule has 1 heterocycles. The molecule has 0 amide bonds. The van der Waals surface area contributed by atoms with Gasteiger partial charge in [-0.15, -0.1) is 5.10 Å². The normalized spacial score (nSPS) is 27.5. The monoisotopic (exact) mass is 279 g/mol. The number of aryl methyl sites for hydroxylation is 1. The number of hydrogen-bond acceptors (Lipinski definition) is 3. The second kappa shape index (κ2) is 5.54. The summed E-state index contributed by atoms with van der Waals surface area (Å²) in [4.78, 5) is 11.5. The number of carbonyl (C=O) groups is 1. The van der Waals surface area contributed by atoms with Crippen LogP contribution in [0.25, 0.3) is 0 Å². The smallest absolute Gasteiger partial charge is 0.306 e. The number of carboxylic acid groups (broad SMARTS) is 1. The molecule has 1 N–H and O–H groups in total. The molecule has 0 bridgehead atoms. The van der Waals surface area contributed by atoms with Gasteiger partial charge in [0.2, 0.25) is 0 Å². The van der Waals surface area contributed by atoms with Crippen molar-refractivity contribution in [2.75, 3.05) is 0 Å². The minimum absolute atomic E-state index is 0.169. The number of carboxylic acids is 1. The van der Waals surface area contributed by atoms with Crippen molar-refractivity contribution >= 4 is 5.97 Å². The van der Waals surface area contributed by atoms with Crippen LogP contribution in [0.4, 0.5) is 0 Å². The van der Waals surface area contributed by atoms with Gasteiger partial charge in [-0.05, 0) is 42.9 Å². The van der Waals surface area contributed by atoms with Crippen LogP contribution in [0, 0.1) is 23.2 Å². The molecule has 0 aliphatic heterocycles. The molecule has 1 fully saturated rings. The van der Waals surface area contributed by atoms with Crippen LogP contribution in [-0.2, 0) is 18.3 Å². The van der Waals surface area contributed by atoms with Crippen LogP contribution in [0.2, 0.25) is 0 Å². The van der Waals surface area contributed by atoms with E-state index >= 15 is 0 Å². The standard InChI is InChI=1S/C15H25N3O2/c1-15(2,3)11-5-6-13(14(19)20)10(7-11)8-12-9-18(4)17-16-12/h9-11,13H,5-8H2,1-4H3,(H,19,20). The summed E-state index contributed by atoms with van der Waals surface area (Å²) in [5, 5.41) is 17.5. The van der Waals surface area contributed by atoms with Gasteiger partial charge in [-0.3, -0.25) is 9.48 Å². The highest BCUT2D eigenvalue weighted by Gasteiger charge is 2.39. The summed E-state index contributed by atoms with van der Waals surface area (Å²) < 4.78 is 1.68. The van der Waals surface area contributed by atoms with Crippen LogP contribution in [0.5, 0.6) is 0 Å². The Balaban J connectivity index is 2.12. The molecule has 112 valence electrons. The number of aromatic nitrogens is 3. The first-order valence-corrected chi connectivity index (χ1v) is 7.35. The fourth-order valence-corrected chi connectivity index (χ4v) is 3.36. The molecule has 1 aliphatic carbocycles. The van der Waals surface area contributed by atoms with E-state index in [-0.39, 0.29) is 17.3 Å². The minimum atomic E-state index is -0.661. The van der Waals surface area contributed by atoms with Gasteiger partial charge in [-0.2, -0.15) is 0 Å². The second-order valence-electron chi connectivity index (χ2n) is 7.17. The molecular formula is C15H25N3O2. The fourth-order valence-electron chi connectivity index (χ4n) is 3.36.